The van der Waals surface area contributed by atoms with Crippen molar-refractivity contribution in [3.05, 3.63) is 23.8 Å². The summed E-state index contributed by atoms with van der Waals surface area (Å²) in [7, 11) is 1.66. The molecule has 0 heterocycles. The summed E-state index contributed by atoms with van der Waals surface area (Å²) in [5, 5.41) is 9.40. The minimum atomic E-state index is -0.500. The van der Waals surface area contributed by atoms with E-state index in [-0.39, 0.29) is 12.7 Å². The van der Waals surface area contributed by atoms with Gasteiger partial charge in [0.25, 0.3) is 0 Å². The average Bonchev–Trinajstić information content (AvgIpc) is 2.48. The number of hydrogen-bond acceptors (Lipinski definition) is 4. The maximum atomic E-state index is 9.40. The quantitative estimate of drug-likeness (QED) is 0.868. The van der Waals surface area contributed by atoms with Crippen molar-refractivity contribution in [1.82, 2.24) is 0 Å². The molecule has 112 valence electrons. The van der Waals surface area contributed by atoms with Crippen molar-refractivity contribution in [2.45, 2.75) is 50.7 Å². The number of benzene rings is 1. The van der Waals surface area contributed by atoms with E-state index in [4.69, 9.17) is 15.2 Å². The first-order valence-corrected chi connectivity index (χ1v) is 7.33. The molecule has 1 aromatic rings. The summed E-state index contributed by atoms with van der Waals surface area (Å²) >= 11 is 0. The summed E-state index contributed by atoms with van der Waals surface area (Å²) in [5.41, 5.74) is 6.88. The zero-order valence-corrected chi connectivity index (χ0v) is 12.4. The molecule has 3 N–H and O–H groups in total. The van der Waals surface area contributed by atoms with E-state index >= 15 is 0 Å². The summed E-state index contributed by atoms with van der Waals surface area (Å²) in [6.45, 7) is 2.12. The van der Waals surface area contributed by atoms with E-state index in [0.29, 0.717) is 6.42 Å². The Kier molecular flexibility index (Phi) is 4.89. The SMILES string of the molecule is CCc1ccc(OC2CCCC(N)(CO)C2)c(OC)c1. The van der Waals surface area contributed by atoms with Crippen LogP contribution in [0.5, 0.6) is 11.5 Å². The van der Waals surface area contributed by atoms with Crippen LogP contribution in [0.2, 0.25) is 0 Å². The molecule has 4 heteroatoms. The van der Waals surface area contributed by atoms with Gasteiger partial charge in [-0.1, -0.05) is 13.0 Å². The zero-order chi connectivity index (χ0) is 14.6. The van der Waals surface area contributed by atoms with Crippen LogP contribution in [0.15, 0.2) is 18.2 Å². The maximum absolute atomic E-state index is 9.40. The highest BCUT2D eigenvalue weighted by Crippen LogP contribution is 2.34. The summed E-state index contributed by atoms with van der Waals surface area (Å²) in [4.78, 5) is 0. The molecule has 2 rings (SSSR count). The van der Waals surface area contributed by atoms with E-state index in [1.807, 2.05) is 12.1 Å². The topological polar surface area (TPSA) is 64.7 Å². The van der Waals surface area contributed by atoms with Crippen molar-refractivity contribution in [3.8, 4) is 11.5 Å². The van der Waals surface area contributed by atoms with Crippen LogP contribution in [0.25, 0.3) is 0 Å². The number of aliphatic hydroxyl groups excluding tert-OH is 1. The average molecular weight is 279 g/mol. The molecular weight excluding hydrogens is 254 g/mol. The van der Waals surface area contributed by atoms with Gasteiger partial charge in [-0.25, -0.2) is 0 Å². The summed E-state index contributed by atoms with van der Waals surface area (Å²) in [6, 6.07) is 6.03. The van der Waals surface area contributed by atoms with Crippen LogP contribution in [0.4, 0.5) is 0 Å². The highest BCUT2D eigenvalue weighted by Gasteiger charge is 2.33. The smallest absolute Gasteiger partial charge is 0.161 e. The first-order valence-electron chi connectivity index (χ1n) is 7.33. The lowest BCUT2D eigenvalue weighted by atomic mass is 9.81. The molecule has 0 radical (unpaired) electrons. The molecule has 2 unspecified atom stereocenters. The molecule has 0 aliphatic heterocycles. The van der Waals surface area contributed by atoms with Gasteiger partial charge in [-0.2, -0.15) is 0 Å². The molecule has 0 bridgehead atoms. The highest BCUT2D eigenvalue weighted by molar-refractivity contribution is 5.43. The molecule has 20 heavy (non-hydrogen) atoms. The monoisotopic (exact) mass is 279 g/mol. The number of aryl methyl sites for hydroxylation is 1. The van der Waals surface area contributed by atoms with Gasteiger partial charge in [0.15, 0.2) is 11.5 Å². The molecule has 0 amide bonds. The Hall–Kier alpha value is -1.26. The third-order valence-electron chi connectivity index (χ3n) is 4.08. The van der Waals surface area contributed by atoms with Crippen LogP contribution in [0, 0.1) is 0 Å². The summed E-state index contributed by atoms with van der Waals surface area (Å²) in [5.74, 6) is 1.53. The van der Waals surface area contributed by atoms with Gasteiger partial charge in [0.05, 0.1) is 13.7 Å². The van der Waals surface area contributed by atoms with Crippen molar-refractivity contribution in [2.24, 2.45) is 5.73 Å². The molecule has 1 saturated carbocycles. The normalized spacial score (nSPS) is 26.3. The largest absolute Gasteiger partial charge is 0.493 e. The van der Waals surface area contributed by atoms with Crippen LogP contribution < -0.4 is 15.2 Å². The Morgan fingerprint density at radius 3 is 2.85 bits per heavy atom. The predicted molar refractivity (Wildman–Crippen MR) is 79.3 cm³/mol. The Morgan fingerprint density at radius 1 is 1.40 bits per heavy atom. The Balaban J connectivity index is 2.09. The maximum Gasteiger partial charge on any atom is 0.161 e. The van der Waals surface area contributed by atoms with Gasteiger partial charge in [-0.3, -0.25) is 0 Å². The van der Waals surface area contributed by atoms with Gasteiger partial charge in [0.2, 0.25) is 0 Å². The van der Waals surface area contributed by atoms with Crippen LogP contribution in [-0.2, 0) is 6.42 Å². The van der Waals surface area contributed by atoms with E-state index in [0.717, 1.165) is 37.2 Å². The Bertz CT molecular complexity index is 449. The second-order valence-corrected chi connectivity index (χ2v) is 5.70. The van der Waals surface area contributed by atoms with Gasteiger partial charge in [0, 0.05) is 12.0 Å². The van der Waals surface area contributed by atoms with Gasteiger partial charge < -0.3 is 20.3 Å². The van der Waals surface area contributed by atoms with Crippen molar-refractivity contribution >= 4 is 0 Å². The molecule has 1 aliphatic carbocycles. The molecule has 0 spiro atoms. The molecule has 0 aromatic heterocycles. The minimum Gasteiger partial charge on any atom is -0.493 e. The van der Waals surface area contributed by atoms with E-state index in [2.05, 4.69) is 13.0 Å². The standard InChI is InChI=1S/C16H25NO3/c1-3-12-6-7-14(15(9-12)19-2)20-13-5-4-8-16(17,10-13)11-18/h6-7,9,13,18H,3-5,8,10-11,17H2,1-2H3. The van der Waals surface area contributed by atoms with E-state index < -0.39 is 5.54 Å². The number of hydrogen-bond donors (Lipinski definition) is 2. The zero-order valence-electron chi connectivity index (χ0n) is 12.4. The fourth-order valence-electron chi connectivity index (χ4n) is 2.79. The predicted octanol–water partition coefficient (Wildman–Crippen LogP) is 2.27. The fraction of sp³-hybridized carbons (Fsp3) is 0.625. The number of rotatable bonds is 5. The fourth-order valence-corrected chi connectivity index (χ4v) is 2.79. The van der Waals surface area contributed by atoms with Crippen molar-refractivity contribution in [3.63, 3.8) is 0 Å². The second-order valence-electron chi connectivity index (χ2n) is 5.70. The first-order chi connectivity index (χ1) is 9.60. The van der Waals surface area contributed by atoms with Crippen LogP contribution in [0.3, 0.4) is 0 Å². The van der Waals surface area contributed by atoms with Crippen LogP contribution in [0.1, 0.15) is 38.2 Å². The van der Waals surface area contributed by atoms with Gasteiger partial charge in [0.1, 0.15) is 6.10 Å². The minimum absolute atomic E-state index is 0.0127. The van der Waals surface area contributed by atoms with Crippen molar-refractivity contribution in [2.75, 3.05) is 13.7 Å². The van der Waals surface area contributed by atoms with E-state index in [1.165, 1.54) is 5.56 Å². The van der Waals surface area contributed by atoms with Crippen LogP contribution in [-0.4, -0.2) is 30.5 Å². The lowest BCUT2D eigenvalue weighted by Crippen LogP contribution is -2.50. The molecule has 2 atom stereocenters. The van der Waals surface area contributed by atoms with Gasteiger partial charge in [-0.15, -0.1) is 0 Å². The molecule has 1 aromatic carbocycles. The lowest BCUT2D eigenvalue weighted by molar-refractivity contribution is 0.0711. The molecule has 4 nitrogen and oxygen atoms in total. The highest BCUT2D eigenvalue weighted by atomic mass is 16.5. The number of ether oxygens (including phenoxy) is 2. The number of aliphatic hydroxyl groups is 1. The van der Waals surface area contributed by atoms with Crippen LogP contribution >= 0.6 is 0 Å². The first kappa shape index (κ1) is 15.1. The van der Waals surface area contributed by atoms with Gasteiger partial charge in [-0.05, 0) is 43.4 Å². The molecular formula is C16H25NO3. The number of methoxy groups -OCH3 is 1. The summed E-state index contributed by atoms with van der Waals surface area (Å²) in [6.07, 6.45) is 4.50. The Labute approximate surface area is 120 Å². The molecule has 1 aliphatic rings. The van der Waals surface area contributed by atoms with Gasteiger partial charge >= 0.3 is 0 Å². The lowest BCUT2D eigenvalue weighted by Gasteiger charge is -2.36. The second kappa shape index (κ2) is 6.46. The summed E-state index contributed by atoms with van der Waals surface area (Å²) < 4.78 is 11.5. The third kappa shape index (κ3) is 3.44. The molecule has 1 fully saturated rings. The number of nitrogens with two attached hydrogens (primary N) is 1. The third-order valence-corrected chi connectivity index (χ3v) is 4.08. The molecule has 0 saturated heterocycles. The van der Waals surface area contributed by atoms with E-state index in [9.17, 15) is 5.11 Å². The van der Waals surface area contributed by atoms with E-state index in [1.54, 1.807) is 7.11 Å². The van der Waals surface area contributed by atoms with Crippen molar-refractivity contribution in [1.29, 1.82) is 0 Å². The Morgan fingerprint density at radius 2 is 2.20 bits per heavy atom. The van der Waals surface area contributed by atoms with Crippen molar-refractivity contribution < 1.29 is 14.6 Å².